The zero-order valence-corrected chi connectivity index (χ0v) is 18.6. The summed E-state index contributed by atoms with van der Waals surface area (Å²) in [5.74, 6) is 3.14. The Bertz CT molecular complexity index is 661. The molecule has 9 heteroatoms. The first-order valence-corrected chi connectivity index (χ1v) is 11.3. The Morgan fingerprint density at radius 1 is 1.21 bits per heavy atom. The number of nitrogens with one attached hydrogen (secondary N) is 1. The van der Waals surface area contributed by atoms with E-state index in [1.165, 1.54) is 0 Å². The molecule has 0 radical (unpaired) electrons. The largest absolute Gasteiger partial charge is 0.345 e. The van der Waals surface area contributed by atoms with Gasteiger partial charge < -0.3 is 19.7 Å². The average Bonchev–Trinajstić information content (AvgIpc) is 2.89. The molecule has 0 saturated carbocycles. The van der Waals surface area contributed by atoms with E-state index < -0.39 is 0 Å². The van der Waals surface area contributed by atoms with E-state index in [9.17, 15) is 9.59 Å². The lowest BCUT2D eigenvalue weighted by molar-refractivity contribution is -0.130. The summed E-state index contributed by atoms with van der Waals surface area (Å²) < 4.78 is 2.10. The molecule has 0 fully saturated rings. The van der Waals surface area contributed by atoms with E-state index in [0.29, 0.717) is 44.9 Å². The molecule has 1 aromatic heterocycles. The van der Waals surface area contributed by atoms with E-state index in [1.54, 1.807) is 11.8 Å². The second-order valence-electron chi connectivity index (χ2n) is 7.99. The van der Waals surface area contributed by atoms with Gasteiger partial charge in [-0.15, -0.1) is 10.2 Å². The number of carbonyl (C=O) groups excluding carboxylic acids is 2. The fourth-order valence-electron chi connectivity index (χ4n) is 3.43. The first-order chi connectivity index (χ1) is 13.3. The molecule has 8 nitrogen and oxygen atoms in total. The van der Waals surface area contributed by atoms with Crippen LogP contribution in [0.15, 0.2) is 0 Å². The van der Waals surface area contributed by atoms with Crippen molar-refractivity contribution in [3.8, 4) is 0 Å². The summed E-state index contributed by atoms with van der Waals surface area (Å²) in [6, 6.07) is -0.174. The van der Waals surface area contributed by atoms with Crippen molar-refractivity contribution >= 4 is 23.6 Å². The number of amides is 2. The summed E-state index contributed by atoms with van der Waals surface area (Å²) >= 11 is 1.69. The van der Waals surface area contributed by atoms with E-state index >= 15 is 0 Å². The highest BCUT2D eigenvalue weighted by Gasteiger charge is 2.27. The van der Waals surface area contributed by atoms with Crippen LogP contribution in [-0.4, -0.2) is 82.1 Å². The molecule has 1 aliphatic rings. The summed E-state index contributed by atoms with van der Waals surface area (Å²) in [6.45, 7) is 6.61. The topological polar surface area (TPSA) is 83.4 Å². The van der Waals surface area contributed by atoms with Crippen molar-refractivity contribution in [2.24, 2.45) is 5.92 Å². The number of fused-ring (bicyclic) bond motifs is 1. The van der Waals surface area contributed by atoms with E-state index in [-0.39, 0.29) is 17.9 Å². The van der Waals surface area contributed by atoms with Gasteiger partial charge in [-0.2, -0.15) is 11.8 Å². The molecule has 0 saturated heterocycles. The monoisotopic (exact) mass is 410 g/mol. The van der Waals surface area contributed by atoms with Crippen LogP contribution < -0.4 is 5.32 Å². The van der Waals surface area contributed by atoms with Crippen LogP contribution in [0.25, 0.3) is 0 Å². The van der Waals surface area contributed by atoms with E-state index in [2.05, 4.69) is 33.9 Å². The first-order valence-electron chi connectivity index (χ1n) is 9.94. The summed E-state index contributed by atoms with van der Waals surface area (Å²) in [4.78, 5) is 28.5. The molecule has 28 heavy (non-hydrogen) atoms. The molecule has 0 spiro atoms. The fraction of sp³-hybridized carbons (Fsp3) is 0.789. The zero-order valence-electron chi connectivity index (χ0n) is 17.8. The molecule has 2 amide bonds. The average molecular weight is 411 g/mol. The van der Waals surface area contributed by atoms with E-state index in [4.69, 9.17) is 0 Å². The minimum absolute atomic E-state index is 0.0181. The predicted molar refractivity (Wildman–Crippen MR) is 112 cm³/mol. The van der Waals surface area contributed by atoms with Gasteiger partial charge in [0.1, 0.15) is 5.82 Å². The minimum Gasteiger partial charge on any atom is -0.345 e. The molecule has 1 unspecified atom stereocenters. The summed E-state index contributed by atoms with van der Waals surface area (Å²) in [5.41, 5.74) is 0. The van der Waals surface area contributed by atoms with Crippen LogP contribution in [0.2, 0.25) is 0 Å². The number of nitrogens with zero attached hydrogens (tertiary/aromatic N) is 5. The Morgan fingerprint density at radius 2 is 1.96 bits per heavy atom. The third kappa shape index (κ3) is 6.48. The highest BCUT2D eigenvalue weighted by molar-refractivity contribution is 7.98. The SMILES string of the molecule is CSCCC(=O)N1CCc2nnc(C(CC(C)C)NC(=O)CN(C)C)n2CC1. The van der Waals surface area contributed by atoms with E-state index in [1.807, 2.05) is 30.2 Å². The predicted octanol–water partition coefficient (Wildman–Crippen LogP) is 1.18. The van der Waals surface area contributed by atoms with Gasteiger partial charge in [-0.1, -0.05) is 13.8 Å². The first kappa shape index (κ1) is 22.7. The quantitative estimate of drug-likeness (QED) is 0.658. The van der Waals surface area contributed by atoms with Crippen molar-refractivity contribution in [2.75, 3.05) is 45.7 Å². The number of carbonyl (C=O) groups is 2. The van der Waals surface area contributed by atoms with Gasteiger partial charge in [0.05, 0.1) is 12.6 Å². The summed E-state index contributed by atoms with van der Waals surface area (Å²) in [6.07, 6.45) is 4.08. The molecular weight excluding hydrogens is 376 g/mol. The Kier molecular flexibility index (Phi) is 8.75. The van der Waals surface area contributed by atoms with Gasteiger partial charge in [0, 0.05) is 38.2 Å². The maximum absolute atomic E-state index is 12.4. The van der Waals surface area contributed by atoms with Gasteiger partial charge in [-0.25, -0.2) is 0 Å². The summed E-state index contributed by atoms with van der Waals surface area (Å²) in [5, 5.41) is 11.9. The lowest BCUT2D eigenvalue weighted by atomic mass is 10.0. The number of aromatic nitrogens is 3. The Balaban J connectivity index is 2.13. The second kappa shape index (κ2) is 10.8. The van der Waals surface area contributed by atoms with Crippen molar-refractivity contribution < 1.29 is 9.59 Å². The molecule has 0 aliphatic carbocycles. The number of hydrogen-bond donors (Lipinski definition) is 1. The molecular formula is C19H34N6O2S. The third-order valence-electron chi connectivity index (χ3n) is 4.74. The maximum Gasteiger partial charge on any atom is 0.234 e. The lowest BCUT2D eigenvalue weighted by Gasteiger charge is -2.23. The normalized spacial score (nSPS) is 15.5. The van der Waals surface area contributed by atoms with Gasteiger partial charge in [0.25, 0.3) is 0 Å². The molecule has 1 aromatic rings. The Labute approximate surface area is 172 Å². The second-order valence-corrected chi connectivity index (χ2v) is 8.97. The lowest BCUT2D eigenvalue weighted by Crippen LogP contribution is -2.38. The maximum atomic E-state index is 12.4. The van der Waals surface area contributed by atoms with Gasteiger partial charge in [-0.05, 0) is 32.7 Å². The Hall–Kier alpha value is -1.61. The number of likely N-dealkylation sites (N-methyl/N-ethyl adjacent to an activating group) is 1. The van der Waals surface area contributed by atoms with Gasteiger partial charge in [0.2, 0.25) is 11.8 Å². The number of rotatable bonds is 9. The van der Waals surface area contributed by atoms with Crippen molar-refractivity contribution in [2.45, 2.75) is 45.7 Å². The van der Waals surface area contributed by atoms with Crippen LogP contribution in [0.3, 0.4) is 0 Å². The zero-order chi connectivity index (χ0) is 20.7. The Morgan fingerprint density at radius 3 is 2.61 bits per heavy atom. The van der Waals surface area contributed by atoms with Crippen molar-refractivity contribution in [3.63, 3.8) is 0 Å². The molecule has 1 aliphatic heterocycles. The molecule has 1 N–H and O–H groups in total. The fourth-order valence-corrected chi connectivity index (χ4v) is 3.81. The van der Waals surface area contributed by atoms with E-state index in [0.717, 1.165) is 23.8 Å². The highest BCUT2D eigenvalue weighted by Crippen LogP contribution is 2.22. The van der Waals surface area contributed by atoms with Gasteiger partial charge in [-0.3, -0.25) is 9.59 Å². The van der Waals surface area contributed by atoms with Crippen LogP contribution in [-0.2, 0) is 22.6 Å². The number of thioether (sulfide) groups is 1. The molecule has 0 bridgehead atoms. The van der Waals surface area contributed by atoms with Crippen molar-refractivity contribution in [3.05, 3.63) is 11.6 Å². The van der Waals surface area contributed by atoms with Crippen LogP contribution in [0.5, 0.6) is 0 Å². The van der Waals surface area contributed by atoms with Gasteiger partial charge >= 0.3 is 0 Å². The van der Waals surface area contributed by atoms with Crippen LogP contribution in [0, 0.1) is 5.92 Å². The minimum atomic E-state index is -0.174. The molecule has 0 aromatic carbocycles. The standard InChI is InChI=1S/C19H34N6O2S/c1-14(2)12-15(20-17(26)13-23(3)4)19-22-21-16-6-8-24(9-10-25(16)19)18(27)7-11-28-5/h14-15H,6-13H2,1-5H3,(H,20,26). The number of hydrogen-bond acceptors (Lipinski definition) is 6. The van der Waals surface area contributed by atoms with Crippen molar-refractivity contribution in [1.29, 1.82) is 0 Å². The smallest absolute Gasteiger partial charge is 0.234 e. The molecule has 2 heterocycles. The van der Waals surface area contributed by atoms with Crippen LogP contribution in [0.1, 0.15) is 44.4 Å². The summed E-state index contributed by atoms with van der Waals surface area (Å²) in [7, 11) is 3.76. The molecule has 158 valence electrons. The van der Waals surface area contributed by atoms with Gasteiger partial charge in [0.15, 0.2) is 5.82 Å². The molecule has 2 rings (SSSR count). The van der Waals surface area contributed by atoms with Crippen LogP contribution in [0.4, 0.5) is 0 Å². The third-order valence-corrected chi connectivity index (χ3v) is 5.35. The van der Waals surface area contributed by atoms with Crippen LogP contribution >= 0.6 is 11.8 Å². The highest BCUT2D eigenvalue weighted by atomic mass is 32.2. The van der Waals surface area contributed by atoms with Crippen molar-refractivity contribution in [1.82, 2.24) is 29.9 Å². The molecule has 1 atom stereocenters.